The van der Waals surface area contributed by atoms with Crippen molar-refractivity contribution in [1.82, 2.24) is 5.32 Å². The van der Waals surface area contributed by atoms with E-state index < -0.39 is 6.10 Å². The van der Waals surface area contributed by atoms with Crippen LogP contribution in [0, 0.1) is 0 Å². The molecular formula is C15H20ClNO3. The molecule has 0 saturated carbocycles. The van der Waals surface area contributed by atoms with Crippen LogP contribution in [0.5, 0.6) is 5.75 Å². The third-order valence-electron chi connectivity index (χ3n) is 3.98. The topological polar surface area (TPSA) is 50.7 Å². The highest BCUT2D eigenvalue weighted by molar-refractivity contribution is 6.30. The second-order valence-corrected chi connectivity index (χ2v) is 5.98. The van der Waals surface area contributed by atoms with E-state index >= 15 is 0 Å². The molecule has 0 aliphatic carbocycles. The van der Waals surface area contributed by atoms with Crippen molar-refractivity contribution >= 4 is 11.6 Å². The summed E-state index contributed by atoms with van der Waals surface area (Å²) < 4.78 is 11.3. The van der Waals surface area contributed by atoms with E-state index in [9.17, 15) is 5.11 Å². The van der Waals surface area contributed by atoms with E-state index in [1.165, 1.54) is 6.42 Å². The molecule has 2 saturated heterocycles. The number of ether oxygens (including phenoxy) is 2. The Balaban J connectivity index is 1.37. The van der Waals surface area contributed by atoms with Gasteiger partial charge in [-0.3, -0.25) is 0 Å². The van der Waals surface area contributed by atoms with E-state index in [1.807, 2.05) is 0 Å². The average Bonchev–Trinajstić information content (AvgIpc) is 3.07. The van der Waals surface area contributed by atoms with E-state index in [0.29, 0.717) is 29.8 Å². The third kappa shape index (κ3) is 3.44. The van der Waals surface area contributed by atoms with Crippen molar-refractivity contribution in [2.75, 3.05) is 13.2 Å². The number of nitrogens with one attached hydrogen (secondary N) is 1. The standard InChI is InChI=1S/C15H20ClNO3/c16-10-1-3-12(4-2-10)19-9-11(18)8-17-14-7-13-5-6-15(14)20-13/h1-4,11,13-15,17-18H,5-9H2. The van der Waals surface area contributed by atoms with E-state index in [4.69, 9.17) is 21.1 Å². The van der Waals surface area contributed by atoms with E-state index in [2.05, 4.69) is 5.32 Å². The molecule has 2 heterocycles. The fourth-order valence-corrected chi connectivity index (χ4v) is 3.05. The van der Waals surface area contributed by atoms with Gasteiger partial charge < -0.3 is 19.9 Å². The average molecular weight is 298 g/mol. The molecule has 2 bridgehead atoms. The van der Waals surface area contributed by atoms with Gasteiger partial charge in [-0.25, -0.2) is 0 Å². The molecule has 0 amide bonds. The quantitative estimate of drug-likeness (QED) is 0.843. The van der Waals surface area contributed by atoms with Crippen LogP contribution >= 0.6 is 11.6 Å². The minimum Gasteiger partial charge on any atom is -0.491 e. The van der Waals surface area contributed by atoms with Gasteiger partial charge in [0.1, 0.15) is 18.5 Å². The third-order valence-corrected chi connectivity index (χ3v) is 4.23. The van der Waals surface area contributed by atoms with Crippen LogP contribution < -0.4 is 10.1 Å². The zero-order chi connectivity index (χ0) is 13.9. The summed E-state index contributed by atoms with van der Waals surface area (Å²) >= 11 is 5.80. The number of fused-ring (bicyclic) bond motifs is 2. The first kappa shape index (κ1) is 14.1. The molecular weight excluding hydrogens is 278 g/mol. The SMILES string of the molecule is OC(CNC1CC2CCC1O2)COc1ccc(Cl)cc1. The van der Waals surface area contributed by atoms with Gasteiger partial charge in [-0.15, -0.1) is 0 Å². The highest BCUT2D eigenvalue weighted by Gasteiger charge is 2.40. The van der Waals surface area contributed by atoms with Gasteiger partial charge in [-0.2, -0.15) is 0 Å². The Morgan fingerprint density at radius 1 is 1.35 bits per heavy atom. The van der Waals surface area contributed by atoms with Crippen molar-refractivity contribution in [2.45, 2.75) is 43.6 Å². The second-order valence-electron chi connectivity index (χ2n) is 5.54. The number of aliphatic hydroxyl groups excluding tert-OH is 1. The first-order chi connectivity index (χ1) is 9.70. The zero-order valence-corrected chi connectivity index (χ0v) is 12.1. The van der Waals surface area contributed by atoms with Crippen LogP contribution in [0.25, 0.3) is 0 Å². The number of aliphatic hydroxyl groups is 1. The molecule has 2 fully saturated rings. The molecule has 1 aromatic rings. The van der Waals surface area contributed by atoms with E-state index in [-0.39, 0.29) is 6.61 Å². The van der Waals surface area contributed by atoms with Crippen molar-refractivity contribution < 1.29 is 14.6 Å². The molecule has 4 nitrogen and oxygen atoms in total. The molecule has 1 aromatic carbocycles. The second kappa shape index (κ2) is 6.31. The smallest absolute Gasteiger partial charge is 0.119 e. The van der Waals surface area contributed by atoms with Crippen LogP contribution in [0.3, 0.4) is 0 Å². The maximum Gasteiger partial charge on any atom is 0.119 e. The van der Waals surface area contributed by atoms with Crippen molar-refractivity contribution in [2.24, 2.45) is 0 Å². The fourth-order valence-electron chi connectivity index (χ4n) is 2.92. The largest absolute Gasteiger partial charge is 0.491 e. The van der Waals surface area contributed by atoms with Crippen LogP contribution in [0.2, 0.25) is 5.02 Å². The van der Waals surface area contributed by atoms with E-state index in [1.54, 1.807) is 24.3 Å². The first-order valence-electron chi connectivity index (χ1n) is 7.16. The molecule has 0 radical (unpaired) electrons. The molecule has 5 heteroatoms. The number of hydrogen-bond donors (Lipinski definition) is 2. The predicted molar refractivity (Wildman–Crippen MR) is 77.3 cm³/mol. The van der Waals surface area contributed by atoms with Gasteiger partial charge in [0.05, 0.1) is 12.2 Å². The number of hydrogen-bond acceptors (Lipinski definition) is 4. The van der Waals surface area contributed by atoms with Crippen LogP contribution in [0.4, 0.5) is 0 Å². The van der Waals surface area contributed by atoms with Gasteiger partial charge in [0, 0.05) is 17.6 Å². The Morgan fingerprint density at radius 3 is 2.80 bits per heavy atom. The van der Waals surface area contributed by atoms with Crippen molar-refractivity contribution in [3.8, 4) is 5.75 Å². The lowest BCUT2D eigenvalue weighted by Crippen LogP contribution is -2.42. The van der Waals surface area contributed by atoms with Crippen molar-refractivity contribution in [3.63, 3.8) is 0 Å². The molecule has 2 aliphatic heterocycles. The first-order valence-corrected chi connectivity index (χ1v) is 7.54. The summed E-state index contributed by atoms with van der Waals surface area (Å²) in [4.78, 5) is 0. The Labute approximate surface area is 124 Å². The summed E-state index contributed by atoms with van der Waals surface area (Å²) in [6, 6.07) is 7.53. The molecule has 0 aromatic heterocycles. The van der Waals surface area contributed by atoms with Gasteiger partial charge in [-0.1, -0.05) is 11.6 Å². The van der Waals surface area contributed by atoms with Crippen LogP contribution in [-0.2, 0) is 4.74 Å². The Morgan fingerprint density at radius 2 is 2.15 bits per heavy atom. The van der Waals surface area contributed by atoms with Crippen molar-refractivity contribution in [1.29, 1.82) is 0 Å². The van der Waals surface area contributed by atoms with Gasteiger partial charge in [0.2, 0.25) is 0 Å². The minimum atomic E-state index is -0.523. The number of benzene rings is 1. The summed E-state index contributed by atoms with van der Waals surface area (Å²) in [7, 11) is 0. The zero-order valence-electron chi connectivity index (χ0n) is 11.3. The van der Waals surface area contributed by atoms with Gasteiger partial charge in [0.15, 0.2) is 0 Å². The highest BCUT2D eigenvalue weighted by Crippen LogP contribution is 2.34. The van der Waals surface area contributed by atoms with E-state index in [0.717, 1.165) is 18.6 Å². The maximum atomic E-state index is 9.94. The minimum absolute atomic E-state index is 0.274. The number of rotatable bonds is 6. The number of halogens is 1. The molecule has 4 atom stereocenters. The maximum absolute atomic E-state index is 9.94. The van der Waals surface area contributed by atoms with Crippen LogP contribution in [0.15, 0.2) is 24.3 Å². The fraction of sp³-hybridized carbons (Fsp3) is 0.600. The van der Waals surface area contributed by atoms with Gasteiger partial charge >= 0.3 is 0 Å². The molecule has 20 heavy (non-hydrogen) atoms. The Hall–Kier alpha value is -0.810. The lowest BCUT2D eigenvalue weighted by Gasteiger charge is -2.22. The van der Waals surface area contributed by atoms with Gasteiger partial charge in [-0.05, 0) is 43.5 Å². The summed E-state index contributed by atoms with van der Waals surface area (Å²) in [5, 5.41) is 14.0. The van der Waals surface area contributed by atoms with Gasteiger partial charge in [0.25, 0.3) is 0 Å². The molecule has 4 unspecified atom stereocenters. The summed E-state index contributed by atoms with van der Waals surface area (Å²) in [5.41, 5.74) is 0. The molecule has 2 N–H and O–H groups in total. The predicted octanol–water partition coefficient (Wildman–Crippen LogP) is 1.99. The lowest BCUT2D eigenvalue weighted by molar-refractivity contribution is 0.0853. The van der Waals surface area contributed by atoms with Crippen LogP contribution in [-0.4, -0.2) is 42.6 Å². The normalized spacial score (nSPS) is 29.6. The Kier molecular flexibility index (Phi) is 4.46. The monoisotopic (exact) mass is 297 g/mol. The summed E-state index contributed by atoms with van der Waals surface area (Å²) in [6.07, 6.45) is 3.63. The van der Waals surface area contributed by atoms with Crippen molar-refractivity contribution in [3.05, 3.63) is 29.3 Å². The van der Waals surface area contributed by atoms with Crippen LogP contribution in [0.1, 0.15) is 19.3 Å². The lowest BCUT2D eigenvalue weighted by atomic mass is 9.95. The highest BCUT2D eigenvalue weighted by atomic mass is 35.5. The molecule has 0 spiro atoms. The molecule has 110 valence electrons. The molecule has 2 aliphatic rings. The summed E-state index contributed by atoms with van der Waals surface area (Å²) in [5.74, 6) is 0.719. The Bertz CT molecular complexity index is 439. The molecule has 3 rings (SSSR count). The summed E-state index contributed by atoms with van der Waals surface area (Å²) in [6.45, 7) is 0.807.